The molecule has 1 N–H and O–H groups in total. The Morgan fingerprint density at radius 2 is 1.63 bits per heavy atom. The topological polar surface area (TPSA) is 83.6 Å². The number of hydrogen-bond donors (Lipinski definition) is 1. The third-order valence-corrected chi connectivity index (χ3v) is 6.10. The van der Waals surface area contributed by atoms with Crippen molar-refractivity contribution < 1.29 is 18.0 Å². The maximum absolute atomic E-state index is 12.3. The molecule has 0 aliphatic carbocycles. The normalized spacial score (nSPS) is 11.1. The summed E-state index contributed by atoms with van der Waals surface area (Å²) in [6.45, 7) is -0.324. The van der Waals surface area contributed by atoms with Gasteiger partial charge in [0.2, 0.25) is 11.8 Å². The van der Waals surface area contributed by atoms with Crippen molar-refractivity contribution in [1.29, 1.82) is 0 Å². The first kappa shape index (κ1) is 21.5. The SMILES string of the molecule is CN(CC(=O)Nc1ccc(Cl)c(Cl)c1)C(=O)CS(=O)(=O)c1ccc(Cl)cc1. The maximum atomic E-state index is 12.3. The first-order valence-electron chi connectivity index (χ1n) is 7.55. The van der Waals surface area contributed by atoms with E-state index < -0.39 is 27.4 Å². The van der Waals surface area contributed by atoms with E-state index in [9.17, 15) is 18.0 Å². The van der Waals surface area contributed by atoms with Gasteiger partial charge in [-0.05, 0) is 42.5 Å². The number of carbonyl (C=O) groups excluding carboxylic acids is 2. The lowest BCUT2D eigenvalue weighted by Crippen LogP contribution is -2.38. The molecule has 0 radical (unpaired) electrons. The van der Waals surface area contributed by atoms with E-state index in [1.165, 1.54) is 43.4 Å². The van der Waals surface area contributed by atoms with Crippen LogP contribution in [0.25, 0.3) is 0 Å². The van der Waals surface area contributed by atoms with E-state index in [4.69, 9.17) is 34.8 Å². The molecule has 0 saturated carbocycles. The highest BCUT2D eigenvalue weighted by Crippen LogP contribution is 2.25. The highest BCUT2D eigenvalue weighted by molar-refractivity contribution is 7.92. The van der Waals surface area contributed by atoms with Crippen molar-refractivity contribution in [3.05, 3.63) is 57.5 Å². The molecule has 0 aliphatic rings. The monoisotopic (exact) mass is 448 g/mol. The van der Waals surface area contributed by atoms with E-state index in [1.807, 2.05) is 0 Å². The highest BCUT2D eigenvalue weighted by atomic mass is 35.5. The van der Waals surface area contributed by atoms with Gasteiger partial charge in [-0.1, -0.05) is 34.8 Å². The maximum Gasteiger partial charge on any atom is 0.243 e. The third-order valence-electron chi connectivity index (χ3n) is 3.50. The summed E-state index contributed by atoms with van der Waals surface area (Å²) in [7, 11) is -2.50. The summed E-state index contributed by atoms with van der Waals surface area (Å²) in [4.78, 5) is 25.2. The zero-order valence-corrected chi connectivity index (χ0v) is 17.2. The fourth-order valence-electron chi connectivity index (χ4n) is 2.08. The Bertz CT molecular complexity index is 963. The molecule has 6 nitrogen and oxygen atoms in total. The Kier molecular flexibility index (Phi) is 7.11. The number of rotatable bonds is 6. The number of halogens is 3. The summed E-state index contributed by atoms with van der Waals surface area (Å²) >= 11 is 17.4. The molecule has 0 unspecified atom stereocenters. The summed E-state index contributed by atoms with van der Waals surface area (Å²) in [6, 6.07) is 10.0. The van der Waals surface area contributed by atoms with E-state index in [0.29, 0.717) is 15.7 Å². The first-order chi connectivity index (χ1) is 12.6. The molecule has 0 aromatic heterocycles. The second-order valence-corrected chi connectivity index (χ2v) is 8.88. The van der Waals surface area contributed by atoms with Crippen LogP contribution in [0.4, 0.5) is 5.69 Å². The van der Waals surface area contributed by atoms with Gasteiger partial charge in [0.25, 0.3) is 0 Å². The molecule has 144 valence electrons. The van der Waals surface area contributed by atoms with E-state index in [1.54, 1.807) is 6.07 Å². The Balaban J connectivity index is 1.97. The average molecular weight is 450 g/mol. The largest absolute Gasteiger partial charge is 0.336 e. The van der Waals surface area contributed by atoms with Gasteiger partial charge < -0.3 is 10.2 Å². The van der Waals surface area contributed by atoms with Gasteiger partial charge in [0, 0.05) is 17.8 Å². The lowest BCUT2D eigenvalue weighted by Gasteiger charge is -2.17. The predicted molar refractivity (Wildman–Crippen MR) is 106 cm³/mol. The van der Waals surface area contributed by atoms with E-state index in [-0.39, 0.29) is 16.5 Å². The number of anilines is 1. The number of hydrogen-bond acceptors (Lipinski definition) is 4. The Hall–Kier alpha value is -1.80. The van der Waals surface area contributed by atoms with E-state index in [2.05, 4.69) is 5.32 Å². The van der Waals surface area contributed by atoms with Crippen LogP contribution in [0.5, 0.6) is 0 Å². The molecule has 2 aromatic carbocycles. The molecule has 0 spiro atoms. The van der Waals surface area contributed by atoms with Crippen molar-refractivity contribution in [3.63, 3.8) is 0 Å². The zero-order valence-electron chi connectivity index (χ0n) is 14.1. The van der Waals surface area contributed by atoms with Crippen molar-refractivity contribution in [2.24, 2.45) is 0 Å². The minimum atomic E-state index is -3.84. The number of benzene rings is 2. The minimum Gasteiger partial charge on any atom is -0.336 e. The Labute approximate surface area is 171 Å². The quantitative estimate of drug-likeness (QED) is 0.731. The number of nitrogens with zero attached hydrogens (tertiary/aromatic N) is 1. The van der Waals surface area contributed by atoms with Crippen LogP contribution < -0.4 is 5.32 Å². The van der Waals surface area contributed by atoms with Crippen molar-refractivity contribution in [3.8, 4) is 0 Å². The van der Waals surface area contributed by atoms with Crippen molar-refractivity contribution in [2.75, 3.05) is 24.7 Å². The van der Waals surface area contributed by atoms with Gasteiger partial charge in [-0.2, -0.15) is 0 Å². The molecule has 0 bridgehead atoms. The first-order valence-corrected chi connectivity index (χ1v) is 10.3. The molecule has 0 saturated heterocycles. The van der Waals surface area contributed by atoms with Crippen LogP contribution in [-0.4, -0.2) is 44.5 Å². The molecular formula is C17H15Cl3N2O4S. The van der Waals surface area contributed by atoms with Gasteiger partial charge in [-0.3, -0.25) is 9.59 Å². The van der Waals surface area contributed by atoms with Crippen LogP contribution >= 0.6 is 34.8 Å². The van der Waals surface area contributed by atoms with Gasteiger partial charge in [-0.25, -0.2) is 8.42 Å². The molecule has 0 atom stereocenters. The van der Waals surface area contributed by atoms with Crippen LogP contribution in [0.1, 0.15) is 0 Å². The van der Waals surface area contributed by atoms with Crippen LogP contribution in [-0.2, 0) is 19.4 Å². The summed E-state index contributed by atoms with van der Waals surface area (Å²) in [6.07, 6.45) is 0. The summed E-state index contributed by atoms with van der Waals surface area (Å²) in [5.41, 5.74) is 0.407. The van der Waals surface area contributed by atoms with Gasteiger partial charge in [0.05, 0.1) is 21.5 Å². The molecule has 0 heterocycles. The second kappa shape index (κ2) is 8.93. The van der Waals surface area contributed by atoms with Gasteiger partial charge in [0.15, 0.2) is 9.84 Å². The van der Waals surface area contributed by atoms with Gasteiger partial charge in [0.1, 0.15) is 5.75 Å². The van der Waals surface area contributed by atoms with E-state index in [0.717, 1.165) is 4.90 Å². The van der Waals surface area contributed by atoms with Crippen molar-refractivity contribution >= 4 is 62.1 Å². The fourth-order valence-corrected chi connectivity index (χ4v) is 3.76. The lowest BCUT2D eigenvalue weighted by atomic mass is 10.3. The minimum absolute atomic E-state index is 0.0195. The third kappa shape index (κ3) is 6.10. The number of carbonyl (C=O) groups is 2. The molecular weight excluding hydrogens is 435 g/mol. The van der Waals surface area contributed by atoms with Crippen molar-refractivity contribution in [2.45, 2.75) is 4.90 Å². The smallest absolute Gasteiger partial charge is 0.243 e. The van der Waals surface area contributed by atoms with Crippen LogP contribution in [0.2, 0.25) is 15.1 Å². The fraction of sp³-hybridized carbons (Fsp3) is 0.176. The molecule has 0 fully saturated rings. The van der Waals surface area contributed by atoms with Crippen LogP contribution in [0.15, 0.2) is 47.4 Å². The molecule has 2 rings (SSSR count). The summed E-state index contributed by atoms with van der Waals surface area (Å²) < 4.78 is 24.6. The second-order valence-electron chi connectivity index (χ2n) is 5.64. The number of likely N-dealkylation sites (N-methyl/N-ethyl adjacent to an activating group) is 1. The molecule has 27 heavy (non-hydrogen) atoms. The predicted octanol–water partition coefficient (Wildman–Crippen LogP) is 3.52. The molecule has 0 aliphatic heterocycles. The van der Waals surface area contributed by atoms with E-state index >= 15 is 0 Å². The number of nitrogens with one attached hydrogen (secondary N) is 1. The number of amides is 2. The standard InChI is InChI=1S/C17H15Cl3N2O4S/c1-22(9-16(23)21-12-4-7-14(19)15(20)8-12)17(24)10-27(25,26)13-5-2-11(18)3-6-13/h2-8H,9-10H2,1H3,(H,21,23). The lowest BCUT2D eigenvalue weighted by molar-refractivity contribution is -0.131. The van der Waals surface area contributed by atoms with Crippen LogP contribution in [0, 0.1) is 0 Å². The van der Waals surface area contributed by atoms with Crippen LogP contribution in [0.3, 0.4) is 0 Å². The Morgan fingerprint density at radius 1 is 1.00 bits per heavy atom. The Morgan fingerprint density at radius 3 is 2.22 bits per heavy atom. The number of sulfone groups is 1. The van der Waals surface area contributed by atoms with Crippen molar-refractivity contribution in [1.82, 2.24) is 4.90 Å². The average Bonchev–Trinajstić information content (AvgIpc) is 2.58. The molecule has 2 amide bonds. The van der Waals surface area contributed by atoms with Gasteiger partial charge in [-0.15, -0.1) is 0 Å². The zero-order chi connectivity index (χ0) is 20.2. The molecule has 2 aromatic rings. The summed E-state index contributed by atoms with van der Waals surface area (Å²) in [5.74, 6) is -1.98. The highest BCUT2D eigenvalue weighted by Gasteiger charge is 2.23. The van der Waals surface area contributed by atoms with Gasteiger partial charge >= 0.3 is 0 Å². The molecule has 10 heteroatoms. The summed E-state index contributed by atoms with van der Waals surface area (Å²) in [5, 5.41) is 3.56.